The van der Waals surface area contributed by atoms with Crippen molar-refractivity contribution < 1.29 is 19.4 Å². The van der Waals surface area contributed by atoms with Crippen molar-refractivity contribution >= 4 is 34.5 Å². The van der Waals surface area contributed by atoms with Crippen molar-refractivity contribution in [1.82, 2.24) is 5.01 Å². The lowest BCUT2D eigenvalue weighted by molar-refractivity contribution is -0.125. The third-order valence-corrected chi connectivity index (χ3v) is 5.31. The molecule has 1 aromatic heterocycles. The van der Waals surface area contributed by atoms with Crippen LogP contribution in [-0.4, -0.2) is 60.9 Å². The quantitative estimate of drug-likeness (QED) is 0.364. The van der Waals surface area contributed by atoms with Gasteiger partial charge in [0.25, 0.3) is 11.8 Å². The second kappa shape index (κ2) is 9.16. The number of carbonyl (C=O) groups excluding carboxylic acids is 2. The maximum absolute atomic E-state index is 12.2. The van der Waals surface area contributed by atoms with E-state index >= 15 is 0 Å². The first-order valence-corrected chi connectivity index (χ1v) is 9.79. The Kier molecular flexibility index (Phi) is 6.63. The van der Waals surface area contributed by atoms with Crippen molar-refractivity contribution in [1.29, 1.82) is 0 Å². The van der Waals surface area contributed by atoms with E-state index in [9.17, 15) is 14.7 Å². The molecule has 1 aliphatic heterocycles. The van der Waals surface area contributed by atoms with Crippen LogP contribution in [0.15, 0.2) is 36.4 Å². The van der Waals surface area contributed by atoms with Crippen LogP contribution in [0.4, 0.5) is 11.4 Å². The fraction of sp³-hybridized carbons (Fsp3) is 0.368. The van der Waals surface area contributed by atoms with E-state index in [1.807, 2.05) is 37.3 Å². The zero-order valence-corrected chi connectivity index (χ0v) is 16.4. The molecule has 1 unspecified atom stereocenters. The SMILES string of the molecule is Cc1ccc(C(=O)N(N)CC(O)CNc2ccc(N3CCOCC3=O)cc2)s1. The summed E-state index contributed by atoms with van der Waals surface area (Å²) < 4.78 is 5.13. The van der Waals surface area contributed by atoms with Crippen molar-refractivity contribution in [3.05, 3.63) is 46.2 Å². The van der Waals surface area contributed by atoms with Gasteiger partial charge < -0.3 is 20.1 Å². The molecule has 8 nitrogen and oxygen atoms in total. The number of morpholine rings is 1. The first-order valence-electron chi connectivity index (χ1n) is 8.97. The summed E-state index contributed by atoms with van der Waals surface area (Å²) >= 11 is 1.37. The third-order valence-electron chi connectivity index (χ3n) is 4.33. The summed E-state index contributed by atoms with van der Waals surface area (Å²) in [6, 6.07) is 11.0. The van der Waals surface area contributed by atoms with Gasteiger partial charge in [-0.05, 0) is 43.3 Å². The van der Waals surface area contributed by atoms with Crippen LogP contribution in [0.5, 0.6) is 0 Å². The molecule has 1 aliphatic rings. The maximum Gasteiger partial charge on any atom is 0.277 e. The van der Waals surface area contributed by atoms with Crippen LogP contribution < -0.4 is 16.1 Å². The van der Waals surface area contributed by atoms with Gasteiger partial charge in [-0.1, -0.05) is 0 Å². The van der Waals surface area contributed by atoms with E-state index in [1.165, 1.54) is 11.3 Å². The predicted octanol–water partition coefficient (Wildman–Crippen LogP) is 1.21. The van der Waals surface area contributed by atoms with Gasteiger partial charge in [0.15, 0.2) is 0 Å². The average Bonchev–Trinajstić information content (AvgIpc) is 3.13. The van der Waals surface area contributed by atoms with Crippen LogP contribution in [0, 0.1) is 6.92 Å². The molecule has 4 N–H and O–H groups in total. The number of hydrogen-bond donors (Lipinski definition) is 3. The Morgan fingerprint density at radius 1 is 1.36 bits per heavy atom. The van der Waals surface area contributed by atoms with Crippen LogP contribution in [0.3, 0.4) is 0 Å². The third kappa shape index (κ3) is 5.08. The molecule has 0 saturated carbocycles. The maximum atomic E-state index is 12.2. The minimum atomic E-state index is -0.824. The summed E-state index contributed by atoms with van der Waals surface area (Å²) in [4.78, 5) is 27.4. The van der Waals surface area contributed by atoms with Gasteiger partial charge in [-0.3, -0.25) is 14.6 Å². The number of benzene rings is 1. The molecule has 1 saturated heterocycles. The molecule has 28 heavy (non-hydrogen) atoms. The average molecular weight is 404 g/mol. The number of hydrazine groups is 1. The molecule has 2 heterocycles. The van der Waals surface area contributed by atoms with E-state index in [2.05, 4.69) is 5.32 Å². The van der Waals surface area contributed by atoms with Crippen LogP contribution in [0.2, 0.25) is 0 Å². The van der Waals surface area contributed by atoms with E-state index in [1.54, 1.807) is 11.0 Å². The molecule has 1 atom stereocenters. The molecule has 1 fully saturated rings. The highest BCUT2D eigenvalue weighted by molar-refractivity contribution is 7.13. The molecule has 150 valence electrons. The number of nitrogens with zero attached hydrogens (tertiary/aromatic N) is 2. The van der Waals surface area contributed by atoms with Crippen molar-refractivity contribution in [3.63, 3.8) is 0 Å². The molecular formula is C19H24N4O4S. The summed E-state index contributed by atoms with van der Waals surface area (Å²) in [5, 5.41) is 14.3. The monoisotopic (exact) mass is 404 g/mol. The number of aliphatic hydroxyl groups excluding tert-OH is 1. The van der Waals surface area contributed by atoms with Crippen LogP contribution >= 0.6 is 11.3 Å². The minimum absolute atomic E-state index is 0.0170. The van der Waals surface area contributed by atoms with E-state index in [4.69, 9.17) is 10.6 Å². The fourth-order valence-electron chi connectivity index (χ4n) is 2.85. The highest BCUT2D eigenvalue weighted by Crippen LogP contribution is 2.20. The van der Waals surface area contributed by atoms with Crippen molar-refractivity contribution in [2.24, 2.45) is 5.84 Å². The van der Waals surface area contributed by atoms with Crippen LogP contribution in [-0.2, 0) is 9.53 Å². The molecule has 0 radical (unpaired) electrons. The number of aryl methyl sites for hydroxylation is 1. The highest BCUT2D eigenvalue weighted by Gasteiger charge is 2.20. The minimum Gasteiger partial charge on any atom is -0.389 e. The lowest BCUT2D eigenvalue weighted by Gasteiger charge is -2.27. The predicted molar refractivity (Wildman–Crippen MR) is 108 cm³/mol. The standard InChI is InChI=1S/C19H24N4O4S/c1-13-2-7-17(28-13)19(26)23(20)11-16(24)10-21-14-3-5-15(6-4-14)22-8-9-27-12-18(22)25/h2-7,16,21,24H,8-12,20H2,1H3. The Labute approximate surface area is 167 Å². The van der Waals surface area contributed by atoms with Gasteiger partial charge >= 0.3 is 0 Å². The fourth-order valence-corrected chi connectivity index (χ4v) is 3.68. The lowest BCUT2D eigenvalue weighted by Crippen LogP contribution is -2.44. The van der Waals surface area contributed by atoms with E-state index in [0.717, 1.165) is 21.3 Å². The summed E-state index contributed by atoms with van der Waals surface area (Å²) in [5.41, 5.74) is 1.61. The van der Waals surface area contributed by atoms with Gasteiger partial charge in [-0.25, -0.2) is 5.84 Å². The van der Waals surface area contributed by atoms with Gasteiger partial charge in [0.2, 0.25) is 0 Å². The molecule has 0 aliphatic carbocycles. The summed E-state index contributed by atoms with van der Waals surface area (Å²) in [7, 11) is 0. The van der Waals surface area contributed by atoms with Crippen LogP contribution in [0.1, 0.15) is 14.5 Å². The first-order chi connectivity index (χ1) is 13.4. The first kappa shape index (κ1) is 20.3. The Hall–Kier alpha value is -2.46. The Balaban J connectivity index is 1.48. The summed E-state index contributed by atoms with van der Waals surface area (Å²) in [6.45, 7) is 3.34. The van der Waals surface area contributed by atoms with Crippen LogP contribution in [0.25, 0.3) is 0 Å². The summed E-state index contributed by atoms with van der Waals surface area (Å²) in [5.74, 6) is 5.43. The number of aliphatic hydroxyl groups is 1. The number of nitrogens with one attached hydrogen (secondary N) is 1. The van der Waals surface area contributed by atoms with Crippen molar-refractivity contribution in [3.8, 4) is 0 Å². The second-order valence-electron chi connectivity index (χ2n) is 6.55. The summed E-state index contributed by atoms with van der Waals surface area (Å²) in [6.07, 6.45) is -0.824. The van der Waals surface area contributed by atoms with Gasteiger partial charge in [-0.2, -0.15) is 0 Å². The molecule has 9 heteroatoms. The number of amides is 2. The van der Waals surface area contributed by atoms with Gasteiger partial charge in [0.05, 0.1) is 24.1 Å². The van der Waals surface area contributed by atoms with E-state index < -0.39 is 6.10 Å². The number of hydrogen-bond acceptors (Lipinski definition) is 7. The molecule has 1 aromatic carbocycles. The molecule has 2 aromatic rings. The van der Waals surface area contributed by atoms with Crippen molar-refractivity contribution in [2.45, 2.75) is 13.0 Å². The Morgan fingerprint density at radius 3 is 2.75 bits per heavy atom. The molecule has 2 amide bonds. The Bertz CT molecular complexity index is 824. The Morgan fingerprint density at radius 2 is 2.11 bits per heavy atom. The normalized spacial score (nSPS) is 15.4. The zero-order chi connectivity index (χ0) is 20.1. The smallest absolute Gasteiger partial charge is 0.277 e. The molecular weight excluding hydrogens is 380 g/mol. The zero-order valence-electron chi connectivity index (χ0n) is 15.6. The van der Waals surface area contributed by atoms with E-state index in [-0.39, 0.29) is 31.5 Å². The molecule has 3 rings (SSSR count). The number of thiophene rings is 1. The molecule has 0 bridgehead atoms. The number of ether oxygens (including phenoxy) is 1. The molecule has 0 spiro atoms. The van der Waals surface area contributed by atoms with Crippen molar-refractivity contribution in [2.75, 3.05) is 43.1 Å². The largest absolute Gasteiger partial charge is 0.389 e. The number of anilines is 2. The second-order valence-corrected chi connectivity index (χ2v) is 7.84. The number of rotatable bonds is 7. The topological polar surface area (TPSA) is 108 Å². The highest BCUT2D eigenvalue weighted by atomic mass is 32.1. The lowest BCUT2D eigenvalue weighted by atomic mass is 10.2. The van der Waals surface area contributed by atoms with E-state index in [0.29, 0.717) is 18.0 Å². The number of nitrogens with two attached hydrogens (primary N) is 1. The number of carbonyl (C=O) groups is 2. The van der Waals surface area contributed by atoms with Gasteiger partial charge in [-0.15, -0.1) is 11.3 Å². The van der Waals surface area contributed by atoms with Gasteiger partial charge in [0, 0.05) is 29.3 Å². The van der Waals surface area contributed by atoms with Gasteiger partial charge in [0.1, 0.15) is 6.61 Å².